The van der Waals surface area contributed by atoms with Crippen LogP contribution in [0.2, 0.25) is 0 Å². The fraction of sp³-hybridized carbons (Fsp3) is 0.250. The van der Waals surface area contributed by atoms with Crippen LogP contribution in [-0.2, 0) is 4.74 Å². The zero-order chi connectivity index (χ0) is 15.4. The van der Waals surface area contributed by atoms with Gasteiger partial charge in [-0.15, -0.1) is 0 Å². The van der Waals surface area contributed by atoms with Crippen molar-refractivity contribution in [1.82, 2.24) is 4.98 Å². The van der Waals surface area contributed by atoms with Gasteiger partial charge in [-0.2, -0.15) is 0 Å². The number of nitrogens with one attached hydrogen (secondary N) is 1. The van der Waals surface area contributed by atoms with E-state index in [1.807, 2.05) is 24.3 Å². The minimum atomic E-state index is -0.361. The van der Waals surface area contributed by atoms with Crippen molar-refractivity contribution in [3.05, 3.63) is 48.3 Å². The van der Waals surface area contributed by atoms with Crippen LogP contribution in [0.5, 0.6) is 5.75 Å². The van der Waals surface area contributed by atoms with Gasteiger partial charge >= 0.3 is 0 Å². The highest BCUT2D eigenvalue weighted by Gasteiger charge is 2.17. The Kier molecular flexibility index (Phi) is 4.20. The molecule has 1 aliphatic heterocycles. The number of nitrogens with zero attached hydrogens (tertiary/aromatic N) is 2. The second-order valence-electron chi connectivity index (χ2n) is 4.96. The van der Waals surface area contributed by atoms with Gasteiger partial charge in [-0.1, -0.05) is 12.1 Å². The molecule has 1 aromatic carbocycles. The fourth-order valence-corrected chi connectivity index (χ4v) is 2.43. The van der Waals surface area contributed by atoms with Gasteiger partial charge in [-0.05, 0) is 18.2 Å². The van der Waals surface area contributed by atoms with Crippen LogP contribution < -0.4 is 10.2 Å². The molecule has 6 heteroatoms. The van der Waals surface area contributed by atoms with Crippen molar-refractivity contribution in [2.45, 2.75) is 0 Å². The zero-order valence-corrected chi connectivity index (χ0v) is 12.0. The SMILES string of the molecule is O=C(Nc1ccccc1N1CCOCC1)c1ccncc1O. The quantitative estimate of drug-likeness (QED) is 0.905. The lowest BCUT2D eigenvalue weighted by Gasteiger charge is -2.30. The second kappa shape index (κ2) is 6.44. The van der Waals surface area contributed by atoms with E-state index in [0.717, 1.165) is 18.8 Å². The van der Waals surface area contributed by atoms with Crippen molar-refractivity contribution >= 4 is 17.3 Å². The van der Waals surface area contributed by atoms with Crippen LogP contribution in [0.3, 0.4) is 0 Å². The number of rotatable bonds is 3. The lowest BCUT2D eigenvalue weighted by atomic mass is 10.2. The monoisotopic (exact) mass is 299 g/mol. The maximum absolute atomic E-state index is 12.3. The van der Waals surface area contributed by atoms with Gasteiger partial charge in [-0.3, -0.25) is 9.78 Å². The van der Waals surface area contributed by atoms with E-state index in [2.05, 4.69) is 15.2 Å². The molecule has 0 radical (unpaired) electrons. The predicted octanol–water partition coefficient (Wildman–Crippen LogP) is 1.88. The highest BCUT2D eigenvalue weighted by Crippen LogP contribution is 2.27. The Labute approximate surface area is 128 Å². The van der Waals surface area contributed by atoms with E-state index in [0.29, 0.717) is 18.9 Å². The van der Waals surface area contributed by atoms with Gasteiger partial charge in [0.15, 0.2) is 0 Å². The lowest BCUT2D eigenvalue weighted by molar-refractivity contribution is 0.102. The number of ether oxygens (including phenoxy) is 1. The number of hydrogen-bond donors (Lipinski definition) is 2. The van der Waals surface area contributed by atoms with Crippen molar-refractivity contribution in [2.75, 3.05) is 36.5 Å². The predicted molar refractivity (Wildman–Crippen MR) is 83.3 cm³/mol. The van der Waals surface area contributed by atoms with Gasteiger partial charge in [0.1, 0.15) is 5.75 Å². The minimum Gasteiger partial charge on any atom is -0.505 e. The van der Waals surface area contributed by atoms with Gasteiger partial charge in [-0.25, -0.2) is 0 Å². The van der Waals surface area contributed by atoms with Crippen molar-refractivity contribution in [2.24, 2.45) is 0 Å². The summed E-state index contributed by atoms with van der Waals surface area (Å²) < 4.78 is 5.36. The van der Waals surface area contributed by atoms with E-state index < -0.39 is 0 Å². The average Bonchev–Trinajstić information content (AvgIpc) is 2.56. The molecule has 2 aromatic rings. The molecule has 1 aromatic heterocycles. The number of aromatic nitrogens is 1. The molecule has 0 bridgehead atoms. The molecule has 1 saturated heterocycles. The first-order chi connectivity index (χ1) is 10.8. The summed E-state index contributed by atoms with van der Waals surface area (Å²) in [5.41, 5.74) is 1.87. The highest BCUT2D eigenvalue weighted by atomic mass is 16.5. The first-order valence-corrected chi connectivity index (χ1v) is 7.12. The van der Waals surface area contributed by atoms with E-state index in [-0.39, 0.29) is 17.2 Å². The molecule has 0 saturated carbocycles. The van der Waals surface area contributed by atoms with Crippen molar-refractivity contribution in [3.63, 3.8) is 0 Å². The van der Waals surface area contributed by atoms with Crippen LogP contribution >= 0.6 is 0 Å². The van der Waals surface area contributed by atoms with Crippen LogP contribution in [0.25, 0.3) is 0 Å². The second-order valence-corrected chi connectivity index (χ2v) is 4.96. The Balaban J connectivity index is 1.83. The van der Waals surface area contributed by atoms with Crippen molar-refractivity contribution in [1.29, 1.82) is 0 Å². The summed E-state index contributed by atoms with van der Waals surface area (Å²) in [4.78, 5) is 18.3. The van der Waals surface area contributed by atoms with Gasteiger partial charge in [0, 0.05) is 19.3 Å². The molecule has 1 aliphatic rings. The number of aromatic hydroxyl groups is 1. The Morgan fingerprint density at radius 1 is 1.23 bits per heavy atom. The summed E-state index contributed by atoms with van der Waals surface area (Å²) >= 11 is 0. The zero-order valence-electron chi connectivity index (χ0n) is 12.0. The molecular weight excluding hydrogens is 282 g/mol. The van der Waals surface area contributed by atoms with Crippen LogP contribution in [0.4, 0.5) is 11.4 Å². The molecule has 0 spiro atoms. The normalized spacial score (nSPS) is 14.6. The molecule has 6 nitrogen and oxygen atoms in total. The summed E-state index contributed by atoms with van der Waals surface area (Å²) in [6.45, 7) is 2.92. The molecule has 1 amide bonds. The molecule has 2 N–H and O–H groups in total. The van der Waals surface area contributed by atoms with Gasteiger partial charge in [0.25, 0.3) is 5.91 Å². The number of hydrogen-bond acceptors (Lipinski definition) is 5. The smallest absolute Gasteiger partial charge is 0.259 e. The molecule has 3 rings (SSSR count). The third-order valence-corrected chi connectivity index (χ3v) is 3.55. The van der Waals surface area contributed by atoms with E-state index in [1.54, 1.807) is 0 Å². The number of carbonyl (C=O) groups excluding carboxylic acids is 1. The Hall–Kier alpha value is -2.60. The maximum Gasteiger partial charge on any atom is 0.259 e. The minimum absolute atomic E-state index is 0.135. The van der Waals surface area contributed by atoms with Crippen molar-refractivity contribution in [3.8, 4) is 5.75 Å². The molecule has 0 unspecified atom stereocenters. The fourth-order valence-electron chi connectivity index (χ4n) is 2.43. The standard InChI is InChI=1S/C16H17N3O3/c20-15-11-17-6-5-12(15)16(21)18-13-3-1-2-4-14(13)19-7-9-22-10-8-19/h1-6,11,20H,7-10H2,(H,18,21). The van der Waals surface area contributed by atoms with Gasteiger partial charge in [0.2, 0.25) is 0 Å². The lowest BCUT2D eigenvalue weighted by Crippen LogP contribution is -2.36. The van der Waals surface area contributed by atoms with Crippen LogP contribution in [0.1, 0.15) is 10.4 Å². The Morgan fingerprint density at radius 3 is 2.77 bits per heavy atom. The first kappa shape index (κ1) is 14.3. The number of para-hydroxylation sites is 2. The molecule has 22 heavy (non-hydrogen) atoms. The average molecular weight is 299 g/mol. The Morgan fingerprint density at radius 2 is 2.00 bits per heavy atom. The van der Waals surface area contributed by atoms with Gasteiger partial charge < -0.3 is 20.1 Å². The van der Waals surface area contributed by atoms with E-state index in [9.17, 15) is 9.90 Å². The first-order valence-electron chi connectivity index (χ1n) is 7.12. The van der Waals surface area contributed by atoms with E-state index in [1.165, 1.54) is 18.5 Å². The van der Waals surface area contributed by atoms with Crippen LogP contribution in [-0.4, -0.2) is 42.3 Å². The largest absolute Gasteiger partial charge is 0.505 e. The highest BCUT2D eigenvalue weighted by molar-refractivity contribution is 6.07. The summed E-state index contributed by atoms with van der Waals surface area (Å²) in [5.74, 6) is -0.496. The summed E-state index contributed by atoms with van der Waals surface area (Å²) in [6, 6.07) is 9.10. The van der Waals surface area contributed by atoms with E-state index in [4.69, 9.17) is 4.74 Å². The topological polar surface area (TPSA) is 74.7 Å². The van der Waals surface area contributed by atoms with Gasteiger partial charge in [0.05, 0.1) is 36.3 Å². The number of benzene rings is 1. The summed E-state index contributed by atoms with van der Waals surface area (Å²) in [5, 5.41) is 12.6. The van der Waals surface area contributed by atoms with E-state index >= 15 is 0 Å². The number of carbonyl (C=O) groups is 1. The van der Waals surface area contributed by atoms with Crippen molar-refractivity contribution < 1.29 is 14.6 Å². The van der Waals surface area contributed by atoms with Crippen LogP contribution in [0.15, 0.2) is 42.7 Å². The molecule has 2 heterocycles. The van der Waals surface area contributed by atoms with Crippen LogP contribution in [0, 0.1) is 0 Å². The maximum atomic E-state index is 12.3. The molecule has 114 valence electrons. The number of morpholine rings is 1. The third-order valence-electron chi connectivity index (χ3n) is 3.55. The number of anilines is 2. The molecular formula is C16H17N3O3. The molecule has 1 fully saturated rings. The third kappa shape index (κ3) is 3.01. The summed E-state index contributed by atoms with van der Waals surface area (Å²) in [6.07, 6.45) is 2.73. The molecule has 0 aliphatic carbocycles. The number of amides is 1. The molecule has 0 atom stereocenters. The number of pyridine rings is 1. The summed E-state index contributed by atoms with van der Waals surface area (Å²) in [7, 11) is 0. The Bertz CT molecular complexity index is 669.